The zero-order valence-electron chi connectivity index (χ0n) is 10.8. The highest BCUT2D eigenvalue weighted by Crippen LogP contribution is 2.09. The number of hydrogen-bond acceptors (Lipinski definition) is 3. The Bertz CT molecular complexity index is 379. The summed E-state index contributed by atoms with van der Waals surface area (Å²) in [4.78, 5) is 13.0. The SMILES string of the molecule is CCCCN(CCO)Cc1cccc(C(=O)O)c1. The number of carboxylic acid groups (broad SMARTS) is 1. The molecule has 1 aromatic carbocycles. The van der Waals surface area contributed by atoms with Crippen molar-refractivity contribution in [1.29, 1.82) is 0 Å². The van der Waals surface area contributed by atoms with Gasteiger partial charge in [0, 0.05) is 13.1 Å². The minimum atomic E-state index is -0.904. The molecule has 0 saturated carbocycles. The molecule has 4 nitrogen and oxygen atoms in total. The first-order valence-electron chi connectivity index (χ1n) is 6.32. The van der Waals surface area contributed by atoms with Gasteiger partial charge in [0.15, 0.2) is 0 Å². The molecule has 1 aromatic rings. The van der Waals surface area contributed by atoms with Crippen molar-refractivity contribution in [2.45, 2.75) is 26.3 Å². The molecule has 0 heterocycles. The largest absolute Gasteiger partial charge is 0.478 e. The summed E-state index contributed by atoms with van der Waals surface area (Å²) in [6.45, 7) is 4.48. The van der Waals surface area contributed by atoms with Gasteiger partial charge in [0.25, 0.3) is 0 Å². The fraction of sp³-hybridized carbons (Fsp3) is 0.500. The number of benzene rings is 1. The lowest BCUT2D eigenvalue weighted by Crippen LogP contribution is -2.27. The molecule has 0 fully saturated rings. The van der Waals surface area contributed by atoms with Gasteiger partial charge < -0.3 is 10.2 Å². The van der Waals surface area contributed by atoms with E-state index >= 15 is 0 Å². The van der Waals surface area contributed by atoms with Crippen LogP contribution in [0.3, 0.4) is 0 Å². The zero-order valence-corrected chi connectivity index (χ0v) is 10.8. The highest BCUT2D eigenvalue weighted by molar-refractivity contribution is 5.87. The second-order valence-electron chi connectivity index (χ2n) is 4.36. The van der Waals surface area contributed by atoms with Gasteiger partial charge in [-0.15, -0.1) is 0 Å². The molecule has 2 N–H and O–H groups in total. The van der Waals surface area contributed by atoms with Crippen molar-refractivity contribution in [3.63, 3.8) is 0 Å². The summed E-state index contributed by atoms with van der Waals surface area (Å²) in [5.74, 6) is -0.904. The van der Waals surface area contributed by atoms with Gasteiger partial charge in [-0.2, -0.15) is 0 Å². The quantitative estimate of drug-likeness (QED) is 0.741. The van der Waals surface area contributed by atoms with E-state index in [1.165, 1.54) is 0 Å². The predicted octanol–water partition coefficient (Wildman–Crippen LogP) is 1.98. The number of carboxylic acids is 1. The maximum atomic E-state index is 10.9. The summed E-state index contributed by atoms with van der Waals surface area (Å²) in [5.41, 5.74) is 1.28. The van der Waals surface area contributed by atoms with E-state index in [9.17, 15) is 4.79 Å². The number of unbranched alkanes of at least 4 members (excludes halogenated alkanes) is 1. The van der Waals surface area contributed by atoms with Crippen molar-refractivity contribution < 1.29 is 15.0 Å². The van der Waals surface area contributed by atoms with Crippen LogP contribution in [0.25, 0.3) is 0 Å². The standard InChI is InChI=1S/C14H21NO3/c1-2-3-7-15(8-9-16)11-12-5-4-6-13(10-12)14(17)18/h4-6,10,16H,2-3,7-9,11H2,1H3,(H,17,18). The van der Waals surface area contributed by atoms with Crippen LogP contribution in [0.1, 0.15) is 35.7 Å². The maximum Gasteiger partial charge on any atom is 0.335 e. The second kappa shape index (κ2) is 7.84. The van der Waals surface area contributed by atoms with E-state index < -0.39 is 5.97 Å². The van der Waals surface area contributed by atoms with Crippen LogP contribution in [0.5, 0.6) is 0 Å². The minimum absolute atomic E-state index is 0.127. The molecule has 0 unspecified atom stereocenters. The third-order valence-electron chi connectivity index (χ3n) is 2.82. The van der Waals surface area contributed by atoms with Crippen LogP contribution in [0.15, 0.2) is 24.3 Å². The Kier molecular flexibility index (Phi) is 6.39. The summed E-state index contributed by atoms with van der Waals surface area (Å²) in [6, 6.07) is 6.96. The van der Waals surface area contributed by atoms with E-state index in [0.29, 0.717) is 18.7 Å². The number of rotatable bonds is 8. The van der Waals surface area contributed by atoms with Crippen molar-refractivity contribution in [1.82, 2.24) is 4.90 Å². The van der Waals surface area contributed by atoms with E-state index in [1.807, 2.05) is 6.07 Å². The van der Waals surface area contributed by atoms with Gasteiger partial charge in [0.1, 0.15) is 0 Å². The summed E-state index contributed by atoms with van der Waals surface area (Å²) < 4.78 is 0. The van der Waals surface area contributed by atoms with Gasteiger partial charge in [0.05, 0.1) is 12.2 Å². The van der Waals surface area contributed by atoms with Crippen molar-refractivity contribution >= 4 is 5.97 Å². The molecule has 0 aliphatic heterocycles. The molecule has 1 rings (SSSR count). The average molecular weight is 251 g/mol. The van der Waals surface area contributed by atoms with Crippen LogP contribution >= 0.6 is 0 Å². The van der Waals surface area contributed by atoms with Gasteiger partial charge in [0.2, 0.25) is 0 Å². The lowest BCUT2D eigenvalue weighted by Gasteiger charge is -2.21. The van der Waals surface area contributed by atoms with Crippen LogP contribution in [0.2, 0.25) is 0 Å². The van der Waals surface area contributed by atoms with E-state index in [0.717, 1.165) is 24.9 Å². The van der Waals surface area contributed by atoms with E-state index in [-0.39, 0.29) is 6.61 Å². The third-order valence-corrected chi connectivity index (χ3v) is 2.82. The number of aliphatic hydroxyl groups is 1. The fourth-order valence-electron chi connectivity index (χ4n) is 1.85. The van der Waals surface area contributed by atoms with Gasteiger partial charge in [-0.3, -0.25) is 4.90 Å². The fourth-order valence-corrected chi connectivity index (χ4v) is 1.85. The topological polar surface area (TPSA) is 60.8 Å². The molecule has 4 heteroatoms. The monoisotopic (exact) mass is 251 g/mol. The molecule has 0 atom stereocenters. The number of nitrogens with zero attached hydrogens (tertiary/aromatic N) is 1. The highest BCUT2D eigenvalue weighted by Gasteiger charge is 2.07. The minimum Gasteiger partial charge on any atom is -0.478 e. The molecular weight excluding hydrogens is 230 g/mol. The van der Waals surface area contributed by atoms with Crippen LogP contribution < -0.4 is 0 Å². The summed E-state index contributed by atoms with van der Waals surface area (Å²) in [6.07, 6.45) is 2.19. The van der Waals surface area contributed by atoms with Crippen molar-refractivity contribution in [2.75, 3.05) is 19.7 Å². The number of hydrogen-bond donors (Lipinski definition) is 2. The Morgan fingerprint density at radius 1 is 1.33 bits per heavy atom. The molecule has 0 aliphatic carbocycles. The van der Waals surface area contributed by atoms with Crippen molar-refractivity contribution in [3.8, 4) is 0 Å². The second-order valence-corrected chi connectivity index (χ2v) is 4.36. The normalized spacial score (nSPS) is 10.8. The Labute approximate surface area is 108 Å². The Balaban J connectivity index is 2.67. The smallest absolute Gasteiger partial charge is 0.335 e. The predicted molar refractivity (Wildman–Crippen MR) is 70.7 cm³/mol. The molecular formula is C14H21NO3. The molecule has 18 heavy (non-hydrogen) atoms. The molecule has 0 aliphatic rings. The number of carbonyl (C=O) groups is 1. The van der Waals surface area contributed by atoms with Gasteiger partial charge >= 0.3 is 5.97 Å². The van der Waals surface area contributed by atoms with Crippen LogP contribution in [-0.2, 0) is 6.54 Å². The molecule has 0 spiro atoms. The van der Waals surface area contributed by atoms with Crippen molar-refractivity contribution in [3.05, 3.63) is 35.4 Å². The van der Waals surface area contributed by atoms with E-state index in [2.05, 4.69) is 11.8 Å². The molecule has 0 radical (unpaired) electrons. The van der Waals surface area contributed by atoms with Gasteiger partial charge in [-0.25, -0.2) is 4.79 Å². The van der Waals surface area contributed by atoms with E-state index in [4.69, 9.17) is 10.2 Å². The molecule has 100 valence electrons. The van der Waals surface area contributed by atoms with Crippen LogP contribution in [-0.4, -0.2) is 40.8 Å². The molecule has 0 aromatic heterocycles. The lowest BCUT2D eigenvalue weighted by atomic mass is 10.1. The van der Waals surface area contributed by atoms with Crippen molar-refractivity contribution in [2.24, 2.45) is 0 Å². The zero-order chi connectivity index (χ0) is 13.4. The highest BCUT2D eigenvalue weighted by atomic mass is 16.4. The first kappa shape index (κ1) is 14.7. The number of aromatic carboxylic acids is 1. The Morgan fingerprint density at radius 3 is 2.72 bits per heavy atom. The summed E-state index contributed by atoms with van der Waals surface area (Å²) >= 11 is 0. The van der Waals surface area contributed by atoms with Gasteiger partial charge in [-0.1, -0.05) is 25.5 Å². The first-order valence-corrected chi connectivity index (χ1v) is 6.32. The Morgan fingerprint density at radius 2 is 2.11 bits per heavy atom. The molecule has 0 amide bonds. The maximum absolute atomic E-state index is 10.9. The van der Waals surface area contributed by atoms with Crippen LogP contribution in [0, 0.1) is 0 Å². The number of aliphatic hydroxyl groups excluding tert-OH is 1. The summed E-state index contributed by atoms with van der Waals surface area (Å²) in [5, 5.41) is 18.0. The first-order chi connectivity index (χ1) is 8.67. The Hall–Kier alpha value is -1.39. The lowest BCUT2D eigenvalue weighted by molar-refractivity contribution is 0.0696. The average Bonchev–Trinajstić information content (AvgIpc) is 2.36. The van der Waals surface area contributed by atoms with Gasteiger partial charge in [-0.05, 0) is 30.7 Å². The summed E-state index contributed by atoms with van der Waals surface area (Å²) in [7, 11) is 0. The molecule has 0 saturated heterocycles. The third kappa shape index (κ3) is 4.85. The van der Waals surface area contributed by atoms with Crippen LogP contribution in [0.4, 0.5) is 0 Å². The molecule has 0 bridgehead atoms. The van der Waals surface area contributed by atoms with E-state index in [1.54, 1.807) is 18.2 Å².